The number of nitrogens with zero attached hydrogens (tertiary/aromatic N) is 3. The van der Waals surface area contributed by atoms with Gasteiger partial charge in [0.2, 0.25) is 0 Å². The van der Waals surface area contributed by atoms with Crippen LogP contribution in [0.1, 0.15) is 67.9 Å². The summed E-state index contributed by atoms with van der Waals surface area (Å²) in [5, 5.41) is 13.5. The molecule has 3 heterocycles. The first-order valence-corrected chi connectivity index (χ1v) is 10.4. The number of aromatic nitrogens is 2. The van der Waals surface area contributed by atoms with E-state index in [1.165, 1.54) is 37.7 Å². The lowest BCUT2D eigenvalue weighted by Crippen LogP contribution is -2.31. The number of hydrogen-bond donors (Lipinski definition) is 2. The van der Waals surface area contributed by atoms with Gasteiger partial charge in [0.15, 0.2) is 5.11 Å². The highest BCUT2D eigenvalue weighted by Crippen LogP contribution is 2.39. The highest BCUT2D eigenvalue weighted by molar-refractivity contribution is 7.80. The van der Waals surface area contributed by atoms with Crippen molar-refractivity contribution in [3.05, 3.63) is 54.1 Å². The molecule has 27 heavy (non-hydrogen) atoms. The molecule has 0 radical (unpaired) electrons. The lowest BCUT2D eigenvalue weighted by molar-refractivity contribution is 0.247. The summed E-state index contributed by atoms with van der Waals surface area (Å²) >= 11 is 5.64. The Labute approximate surface area is 166 Å². The standard InChI is InChI=1S/C21H28N4OS/c26-14-6-12-25-20(19(23-21(25)27)18-9-4-5-11-22-18)16-10-13-24(15-16)17-7-2-1-3-8-17/h4-5,9-11,13,15,17,19-20,26H,1-3,6-8,12,14H2,(H,23,27)/t19-,20+/m0/s1. The molecule has 2 fully saturated rings. The molecule has 2 aliphatic rings. The minimum Gasteiger partial charge on any atom is -0.396 e. The topological polar surface area (TPSA) is 53.3 Å². The van der Waals surface area contributed by atoms with Gasteiger partial charge in [-0.15, -0.1) is 0 Å². The second kappa shape index (κ2) is 8.40. The fraction of sp³-hybridized carbons (Fsp3) is 0.524. The van der Waals surface area contributed by atoms with E-state index in [-0.39, 0.29) is 18.7 Å². The molecule has 1 aliphatic carbocycles. The molecule has 1 aliphatic heterocycles. The van der Waals surface area contributed by atoms with E-state index >= 15 is 0 Å². The lowest BCUT2D eigenvalue weighted by atomic mass is 9.95. The van der Waals surface area contributed by atoms with Crippen LogP contribution in [0.4, 0.5) is 0 Å². The smallest absolute Gasteiger partial charge is 0.170 e. The van der Waals surface area contributed by atoms with E-state index in [1.54, 1.807) is 0 Å². The van der Waals surface area contributed by atoms with Gasteiger partial charge in [0.25, 0.3) is 0 Å². The quantitative estimate of drug-likeness (QED) is 0.743. The number of thiocarbonyl (C=S) groups is 1. The summed E-state index contributed by atoms with van der Waals surface area (Å²) in [6.07, 6.45) is 13.6. The summed E-state index contributed by atoms with van der Waals surface area (Å²) in [5.41, 5.74) is 2.27. The molecule has 0 unspecified atom stereocenters. The first-order chi connectivity index (χ1) is 13.3. The Kier molecular flexibility index (Phi) is 5.74. The van der Waals surface area contributed by atoms with Crippen molar-refractivity contribution < 1.29 is 5.11 Å². The molecule has 1 saturated carbocycles. The Balaban J connectivity index is 1.64. The van der Waals surface area contributed by atoms with E-state index in [0.717, 1.165) is 17.4 Å². The van der Waals surface area contributed by atoms with Gasteiger partial charge in [0.1, 0.15) is 0 Å². The number of pyridine rings is 1. The molecule has 2 atom stereocenters. The van der Waals surface area contributed by atoms with Crippen molar-refractivity contribution in [3.8, 4) is 0 Å². The van der Waals surface area contributed by atoms with Crippen LogP contribution in [-0.4, -0.2) is 37.8 Å². The number of hydrogen-bond acceptors (Lipinski definition) is 3. The van der Waals surface area contributed by atoms with E-state index in [2.05, 4.69) is 44.3 Å². The molecule has 2 N–H and O–H groups in total. The third kappa shape index (κ3) is 3.87. The molecule has 2 aromatic heterocycles. The van der Waals surface area contributed by atoms with Gasteiger partial charge in [-0.2, -0.15) is 0 Å². The molecule has 4 rings (SSSR count). The molecule has 1 saturated heterocycles. The average Bonchev–Trinajstić information content (AvgIpc) is 3.32. The number of aliphatic hydroxyl groups excluding tert-OH is 1. The summed E-state index contributed by atoms with van der Waals surface area (Å²) in [6, 6.07) is 9.00. The van der Waals surface area contributed by atoms with Crippen LogP contribution < -0.4 is 5.32 Å². The Bertz CT molecular complexity index is 757. The molecule has 0 bridgehead atoms. The van der Waals surface area contributed by atoms with Crippen molar-refractivity contribution in [2.45, 2.75) is 56.7 Å². The third-order valence-corrected chi connectivity index (χ3v) is 6.18. The van der Waals surface area contributed by atoms with Gasteiger partial charge in [-0.3, -0.25) is 4.98 Å². The van der Waals surface area contributed by atoms with Crippen LogP contribution >= 0.6 is 12.2 Å². The maximum absolute atomic E-state index is 9.32. The fourth-order valence-electron chi connectivity index (χ4n) is 4.46. The first-order valence-electron chi connectivity index (χ1n) is 10.0. The molecular weight excluding hydrogens is 356 g/mol. The number of rotatable bonds is 6. The second-order valence-corrected chi connectivity index (χ2v) is 7.97. The minimum atomic E-state index is 0.0274. The molecule has 2 aromatic rings. The summed E-state index contributed by atoms with van der Waals surface area (Å²) in [5.74, 6) is 0. The SMILES string of the molecule is OCCCN1C(=S)N[C@@H](c2ccccn2)[C@H]1c1ccn(C2CCCCC2)c1. The zero-order chi connectivity index (χ0) is 18.6. The number of nitrogens with one attached hydrogen (secondary N) is 1. The second-order valence-electron chi connectivity index (χ2n) is 7.58. The maximum atomic E-state index is 9.32. The predicted octanol–water partition coefficient (Wildman–Crippen LogP) is 3.74. The van der Waals surface area contributed by atoms with Crippen molar-refractivity contribution in [1.29, 1.82) is 0 Å². The van der Waals surface area contributed by atoms with Crippen LogP contribution in [-0.2, 0) is 0 Å². The molecule has 0 spiro atoms. The Hall–Kier alpha value is -1.92. The van der Waals surface area contributed by atoms with Crippen LogP contribution in [0.15, 0.2) is 42.9 Å². The zero-order valence-electron chi connectivity index (χ0n) is 15.6. The van der Waals surface area contributed by atoms with Gasteiger partial charge in [-0.1, -0.05) is 25.3 Å². The van der Waals surface area contributed by atoms with Crippen molar-refractivity contribution in [1.82, 2.24) is 19.8 Å². The Morgan fingerprint density at radius 1 is 1.19 bits per heavy atom. The molecule has 144 valence electrons. The van der Waals surface area contributed by atoms with Gasteiger partial charge in [-0.25, -0.2) is 0 Å². The summed E-state index contributed by atoms with van der Waals surface area (Å²) < 4.78 is 2.40. The van der Waals surface area contributed by atoms with Crippen molar-refractivity contribution in [3.63, 3.8) is 0 Å². The van der Waals surface area contributed by atoms with Gasteiger partial charge in [-0.05, 0) is 55.2 Å². The van der Waals surface area contributed by atoms with Crippen molar-refractivity contribution in [2.75, 3.05) is 13.2 Å². The maximum Gasteiger partial charge on any atom is 0.170 e. The van der Waals surface area contributed by atoms with Crippen LogP contribution in [0.5, 0.6) is 0 Å². The Morgan fingerprint density at radius 2 is 2.04 bits per heavy atom. The van der Waals surface area contributed by atoms with E-state index in [4.69, 9.17) is 12.2 Å². The summed E-state index contributed by atoms with van der Waals surface area (Å²) in [4.78, 5) is 6.79. The molecular formula is C21H28N4OS. The van der Waals surface area contributed by atoms with E-state index in [9.17, 15) is 5.11 Å². The highest BCUT2D eigenvalue weighted by atomic mass is 32.1. The van der Waals surface area contributed by atoms with Gasteiger partial charge >= 0.3 is 0 Å². The lowest BCUT2D eigenvalue weighted by Gasteiger charge is -2.27. The predicted molar refractivity (Wildman–Crippen MR) is 110 cm³/mol. The van der Waals surface area contributed by atoms with Crippen molar-refractivity contribution in [2.24, 2.45) is 0 Å². The van der Waals surface area contributed by atoms with Crippen LogP contribution in [0.2, 0.25) is 0 Å². The monoisotopic (exact) mass is 384 g/mol. The van der Waals surface area contributed by atoms with Gasteiger partial charge in [0.05, 0.1) is 17.8 Å². The van der Waals surface area contributed by atoms with Crippen molar-refractivity contribution >= 4 is 17.3 Å². The zero-order valence-corrected chi connectivity index (χ0v) is 16.4. The largest absolute Gasteiger partial charge is 0.396 e. The van der Waals surface area contributed by atoms with Gasteiger partial charge in [0, 0.05) is 37.8 Å². The summed E-state index contributed by atoms with van der Waals surface area (Å²) in [6.45, 7) is 0.911. The molecule has 0 aromatic carbocycles. The highest BCUT2D eigenvalue weighted by Gasteiger charge is 2.39. The molecule has 6 heteroatoms. The Morgan fingerprint density at radius 3 is 2.78 bits per heavy atom. The van der Waals surface area contributed by atoms with Gasteiger partial charge < -0.3 is 19.9 Å². The van der Waals surface area contributed by atoms with Crippen LogP contribution in [0, 0.1) is 0 Å². The van der Waals surface area contributed by atoms with E-state index < -0.39 is 0 Å². The van der Waals surface area contributed by atoms with Crippen LogP contribution in [0.25, 0.3) is 0 Å². The first kappa shape index (κ1) is 18.4. The van der Waals surface area contributed by atoms with Crippen LogP contribution in [0.3, 0.4) is 0 Å². The fourth-order valence-corrected chi connectivity index (χ4v) is 4.79. The molecule has 5 nitrogen and oxygen atoms in total. The average molecular weight is 385 g/mol. The van der Waals surface area contributed by atoms with E-state index in [1.807, 2.05) is 18.3 Å². The number of aliphatic hydroxyl groups is 1. The minimum absolute atomic E-state index is 0.0274. The normalized spacial score (nSPS) is 23.6. The summed E-state index contributed by atoms with van der Waals surface area (Å²) in [7, 11) is 0. The van der Waals surface area contributed by atoms with E-state index in [0.29, 0.717) is 12.5 Å². The third-order valence-electron chi connectivity index (χ3n) is 5.83. The molecule has 0 amide bonds.